The summed E-state index contributed by atoms with van der Waals surface area (Å²) < 4.78 is 3.83. The van der Waals surface area contributed by atoms with Crippen LogP contribution in [0.5, 0.6) is 5.88 Å². The number of aromatic amines is 1. The zero-order valence-corrected chi connectivity index (χ0v) is 9.99. The Bertz CT molecular complexity index is 858. The first-order chi connectivity index (χ1) is 9.33. The van der Waals surface area contributed by atoms with Crippen molar-refractivity contribution in [3.05, 3.63) is 55.0 Å². The Hall–Kier alpha value is -2.82. The second-order valence-electron chi connectivity index (χ2n) is 4.37. The summed E-state index contributed by atoms with van der Waals surface area (Å²) in [7, 11) is 0. The SMILES string of the molecule is Oc1nc2ccccn2c1-c1c[n+]2ccccc2[nH]1. The van der Waals surface area contributed by atoms with Crippen LogP contribution in [0.15, 0.2) is 55.0 Å². The normalized spacial score (nSPS) is 11.4. The average molecular weight is 251 g/mol. The third-order valence-corrected chi connectivity index (χ3v) is 3.19. The Morgan fingerprint density at radius 2 is 2.05 bits per heavy atom. The molecular formula is C14H11N4O+. The first kappa shape index (κ1) is 10.1. The van der Waals surface area contributed by atoms with Crippen molar-refractivity contribution in [2.75, 3.05) is 0 Å². The Kier molecular flexibility index (Phi) is 1.91. The smallest absolute Gasteiger partial charge is 0.284 e. The summed E-state index contributed by atoms with van der Waals surface area (Å²) in [6, 6.07) is 11.6. The van der Waals surface area contributed by atoms with Crippen LogP contribution in [-0.2, 0) is 0 Å². The number of H-pyrrole nitrogens is 1. The summed E-state index contributed by atoms with van der Waals surface area (Å²) in [4.78, 5) is 7.42. The van der Waals surface area contributed by atoms with Gasteiger partial charge in [-0.05, 0) is 18.2 Å². The molecule has 4 heterocycles. The highest BCUT2D eigenvalue weighted by Gasteiger charge is 2.19. The summed E-state index contributed by atoms with van der Waals surface area (Å²) >= 11 is 0. The van der Waals surface area contributed by atoms with Crippen LogP contribution in [0.1, 0.15) is 0 Å². The zero-order chi connectivity index (χ0) is 12.8. The van der Waals surface area contributed by atoms with Gasteiger partial charge >= 0.3 is 0 Å². The predicted molar refractivity (Wildman–Crippen MR) is 69.8 cm³/mol. The number of aromatic nitrogens is 4. The molecule has 4 aromatic heterocycles. The third kappa shape index (κ3) is 1.41. The molecule has 0 aromatic carbocycles. The number of nitrogens with zero attached hydrogens (tertiary/aromatic N) is 3. The molecule has 0 aliphatic rings. The Morgan fingerprint density at radius 3 is 2.95 bits per heavy atom. The van der Waals surface area contributed by atoms with Crippen molar-refractivity contribution in [2.24, 2.45) is 0 Å². The molecule has 2 N–H and O–H groups in total. The van der Waals surface area contributed by atoms with E-state index >= 15 is 0 Å². The second kappa shape index (κ2) is 3.58. The van der Waals surface area contributed by atoms with E-state index in [4.69, 9.17) is 0 Å². The molecular weight excluding hydrogens is 240 g/mol. The highest BCUT2D eigenvalue weighted by Crippen LogP contribution is 2.27. The molecule has 0 saturated carbocycles. The lowest BCUT2D eigenvalue weighted by atomic mass is 10.3. The van der Waals surface area contributed by atoms with Gasteiger partial charge in [0.25, 0.3) is 5.65 Å². The lowest BCUT2D eigenvalue weighted by molar-refractivity contribution is -0.509. The first-order valence-electron chi connectivity index (χ1n) is 5.98. The maximum atomic E-state index is 10.1. The molecule has 0 amide bonds. The van der Waals surface area contributed by atoms with Crippen LogP contribution in [0.3, 0.4) is 0 Å². The van der Waals surface area contributed by atoms with E-state index in [2.05, 4.69) is 9.97 Å². The second-order valence-corrected chi connectivity index (χ2v) is 4.37. The van der Waals surface area contributed by atoms with Crippen molar-refractivity contribution in [1.82, 2.24) is 14.4 Å². The number of rotatable bonds is 1. The van der Waals surface area contributed by atoms with Gasteiger partial charge in [0.05, 0.1) is 6.20 Å². The molecule has 0 spiro atoms. The van der Waals surface area contributed by atoms with E-state index in [1.165, 1.54) is 0 Å². The number of pyridine rings is 2. The molecule has 4 aromatic rings. The molecule has 0 unspecified atom stereocenters. The molecule has 0 aliphatic heterocycles. The highest BCUT2D eigenvalue weighted by molar-refractivity contribution is 5.67. The fraction of sp³-hybridized carbons (Fsp3) is 0. The molecule has 19 heavy (non-hydrogen) atoms. The van der Waals surface area contributed by atoms with Crippen molar-refractivity contribution >= 4 is 11.3 Å². The van der Waals surface area contributed by atoms with Crippen molar-refractivity contribution < 1.29 is 9.51 Å². The third-order valence-electron chi connectivity index (χ3n) is 3.19. The zero-order valence-electron chi connectivity index (χ0n) is 9.99. The standard InChI is InChI=1S/C14H10N4O/c19-14-13(18-8-4-2-6-12(18)16-14)10-9-17-7-3-1-5-11(17)15-10/h1-9,19H/p+1. The lowest BCUT2D eigenvalue weighted by Gasteiger charge is -1.94. The van der Waals surface area contributed by atoms with E-state index in [-0.39, 0.29) is 5.88 Å². The lowest BCUT2D eigenvalue weighted by Crippen LogP contribution is -2.16. The van der Waals surface area contributed by atoms with Crippen LogP contribution in [0, 0.1) is 0 Å². The predicted octanol–water partition coefficient (Wildman–Crippen LogP) is 1.77. The summed E-state index contributed by atoms with van der Waals surface area (Å²) in [5.41, 5.74) is 3.17. The minimum absolute atomic E-state index is 0.0263. The minimum Gasteiger partial charge on any atom is -0.492 e. The van der Waals surface area contributed by atoms with Crippen molar-refractivity contribution in [2.45, 2.75) is 0 Å². The van der Waals surface area contributed by atoms with E-state index in [0.717, 1.165) is 17.0 Å². The summed E-state index contributed by atoms with van der Waals surface area (Å²) in [6.45, 7) is 0. The van der Waals surface area contributed by atoms with Gasteiger partial charge < -0.3 is 5.11 Å². The number of nitrogens with one attached hydrogen (secondary N) is 1. The number of hydrogen-bond donors (Lipinski definition) is 2. The number of fused-ring (bicyclic) bond motifs is 2. The topological polar surface area (TPSA) is 57.4 Å². The number of hydrogen-bond acceptors (Lipinski definition) is 2. The van der Waals surface area contributed by atoms with Crippen molar-refractivity contribution in [3.8, 4) is 17.3 Å². The molecule has 5 heteroatoms. The Labute approximate surface area is 108 Å². The van der Waals surface area contributed by atoms with Crippen LogP contribution in [0.4, 0.5) is 0 Å². The Morgan fingerprint density at radius 1 is 1.16 bits per heavy atom. The van der Waals surface area contributed by atoms with E-state index in [0.29, 0.717) is 5.69 Å². The summed E-state index contributed by atoms with van der Waals surface area (Å²) in [6.07, 6.45) is 5.77. The van der Waals surface area contributed by atoms with Gasteiger partial charge in [-0.25, -0.2) is 9.38 Å². The molecule has 0 atom stereocenters. The van der Waals surface area contributed by atoms with Gasteiger partial charge in [-0.1, -0.05) is 12.1 Å². The first-order valence-corrected chi connectivity index (χ1v) is 5.98. The number of aromatic hydroxyl groups is 1. The van der Waals surface area contributed by atoms with Crippen LogP contribution < -0.4 is 4.40 Å². The van der Waals surface area contributed by atoms with Crippen molar-refractivity contribution in [1.29, 1.82) is 0 Å². The van der Waals surface area contributed by atoms with E-state index in [1.54, 1.807) is 0 Å². The monoisotopic (exact) mass is 251 g/mol. The number of imidazole rings is 2. The van der Waals surface area contributed by atoms with Gasteiger partial charge in [-0.3, -0.25) is 4.40 Å². The van der Waals surface area contributed by atoms with E-state index in [1.807, 2.05) is 63.8 Å². The largest absolute Gasteiger partial charge is 0.492 e. The molecule has 5 nitrogen and oxygen atoms in total. The molecule has 92 valence electrons. The fourth-order valence-corrected chi connectivity index (χ4v) is 2.34. The van der Waals surface area contributed by atoms with Gasteiger partial charge in [-0.15, -0.1) is 0 Å². The van der Waals surface area contributed by atoms with Gasteiger partial charge in [0.15, 0.2) is 11.4 Å². The van der Waals surface area contributed by atoms with Gasteiger partial charge in [0.1, 0.15) is 11.8 Å². The van der Waals surface area contributed by atoms with Crippen LogP contribution >= 0.6 is 0 Å². The molecule has 0 fully saturated rings. The molecule has 0 saturated heterocycles. The van der Waals surface area contributed by atoms with Gasteiger partial charge in [-0.2, -0.15) is 4.98 Å². The average Bonchev–Trinajstić information content (AvgIpc) is 2.97. The maximum Gasteiger partial charge on any atom is 0.284 e. The molecule has 0 aliphatic carbocycles. The van der Waals surface area contributed by atoms with E-state index < -0.39 is 0 Å². The fourth-order valence-electron chi connectivity index (χ4n) is 2.34. The summed E-state index contributed by atoms with van der Waals surface area (Å²) in [5.74, 6) is 0.0263. The Balaban J connectivity index is 2.06. The van der Waals surface area contributed by atoms with Crippen LogP contribution in [-0.4, -0.2) is 19.5 Å². The van der Waals surface area contributed by atoms with Gasteiger partial charge in [0.2, 0.25) is 5.88 Å². The van der Waals surface area contributed by atoms with Crippen molar-refractivity contribution in [3.63, 3.8) is 0 Å². The molecule has 4 rings (SSSR count). The molecule has 0 radical (unpaired) electrons. The summed E-state index contributed by atoms with van der Waals surface area (Å²) in [5, 5.41) is 10.1. The quantitative estimate of drug-likeness (QED) is 0.507. The highest BCUT2D eigenvalue weighted by atomic mass is 16.3. The van der Waals surface area contributed by atoms with Gasteiger partial charge in [0, 0.05) is 12.3 Å². The van der Waals surface area contributed by atoms with E-state index in [9.17, 15) is 5.11 Å². The van der Waals surface area contributed by atoms with Crippen LogP contribution in [0.2, 0.25) is 0 Å². The molecule has 0 bridgehead atoms. The minimum atomic E-state index is 0.0263. The van der Waals surface area contributed by atoms with Crippen LogP contribution in [0.25, 0.3) is 22.7 Å². The maximum absolute atomic E-state index is 10.1.